The van der Waals surface area contributed by atoms with Crippen molar-refractivity contribution in [3.8, 4) is 0 Å². The molecule has 6 nitrogen and oxygen atoms in total. The summed E-state index contributed by atoms with van der Waals surface area (Å²) in [4.78, 5) is 16.2. The molecule has 4 N–H and O–H groups in total. The van der Waals surface area contributed by atoms with Crippen molar-refractivity contribution in [3.05, 3.63) is 29.6 Å². The number of hydrogen-bond acceptors (Lipinski definition) is 3. The van der Waals surface area contributed by atoms with Crippen molar-refractivity contribution in [1.82, 2.24) is 10.6 Å². The molecule has 1 amide bonds. The van der Waals surface area contributed by atoms with Crippen molar-refractivity contribution >= 4 is 17.6 Å². The van der Waals surface area contributed by atoms with E-state index >= 15 is 0 Å². The molecule has 0 spiro atoms. The van der Waals surface area contributed by atoms with E-state index in [1.54, 1.807) is 0 Å². The van der Waals surface area contributed by atoms with Gasteiger partial charge in [0, 0.05) is 19.7 Å². The first-order chi connectivity index (χ1) is 13.9. The van der Waals surface area contributed by atoms with Crippen molar-refractivity contribution in [2.75, 3.05) is 31.6 Å². The van der Waals surface area contributed by atoms with Gasteiger partial charge in [-0.2, -0.15) is 0 Å². The van der Waals surface area contributed by atoms with E-state index in [0.717, 1.165) is 37.8 Å². The van der Waals surface area contributed by atoms with Gasteiger partial charge in [-0.15, -0.1) is 0 Å². The minimum Gasteiger partial charge on any atom is -0.396 e. The number of hydrogen-bond donors (Lipinski definition) is 4. The zero-order valence-electron chi connectivity index (χ0n) is 16.7. The Bertz CT molecular complexity index is 716. The third kappa shape index (κ3) is 6.62. The lowest BCUT2D eigenvalue weighted by molar-refractivity contribution is -0.114. The number of halogens is 3. The van der Waals surface area contributed by atoms with Crippen molar-refractivity contribution in [1.29, 1.82) is 0 Å². The largest absolute Gasteiger partial charge is 0.396 e. The Kier molecular flexibility index (Phi) is 8.75. The number of aliphatic hydroxyl groups excluding tert-OH is 1. The molecule has 1 aliphatic carbocycles. The van der Waals surface area contributed by atoms with Crippen LogP contribution in [-0.2, 0) is 4.79 Å². The fourth-order valence-corrected chi connectivity index (χ4v) is 3.63. The second-order valence-electron chi connectivity index (χ2n) is 7.35. The molecule has 1 aliphatic rings. The molecule has 29 heavy (non-hydrogen) atoms. The lowest BCUT2D eigenvalue weighted by Gasteiger charge is -2.37. The van der Waals surface area contributed by atoms with Gasteiger partial charge in [0.05, 0.1) is 5.69 Å². The topological polar surface area (TPSA) is 85.8 Å². The van der Waals surface area contributed by atoms with E-state index in [9.17, 15) is 23.1 Å². The molecule has 1 fully saturated rings. The van der Waals surface area contributed by atoms with Crippen LogP contribution in [0, 0.1) is 22.9 Å². The van der Waals surface area contributed by atoms with Crippen molar-refractivity contribution in [3.63, 3.8) is 0 Å². The first kappa shape index (κ1) is 23.0. The molecule has 0 heterocycles. The van der Waals surface area contributed by atoms with E-state index < -0.39 is 29.0 Å². The standard InChI is InChI=1S/C20H29F3N4O2/c1-2-24-19(26-13-20(10-11-28)8-4-3-5-9-20)25-12-16(29)27-15-7-6-14(21)17(22)18(15)23/h6-7,28H,2-5,8-13H2,1H3,(H,27,29)(H2,24,25,26). The number of nitrogens with one attached hydrogen (secondary N) is 3. The normalized spacial score (nSPS) is 16.4. The van der Waals surface area contributed by atoms with Gasteiger partial charge < -0.3 is 21.1 Å². The van der Waals surface area contributed by atoms with Crippen molar-refractivity contribution in [2.45, 2.75) is 45.4 Å². The second-order valence-corrected chi connectivity index (χ2v) is 7.35. The summed E-state index contributed by atoms with van der Waals surface area (Å²) in [5.41, 5.74) is -0.439. The monoisotopic (exact) mass is 414 g/mol. The molecule has 1 saturated carbocycles. The molecule has 9 heteroatoms. The molecule has 1 aromatic rings. The Balaban J connectivity index is 1.97. The summed E-state index contributed by atoms with van der Waals surface area (Å²) in [6, 6.07) is 1.70. The number of guanidine groups is 1. The maximum absolute atomic E-state index is 13.7. The zero-order chi connectivity index (χ0) is 21.3. The number of rotatable bonds is 8. The highest BCUT2D eigenvalue weighted by atomic mass is 19.2. The third-order valence-electron chi connectivity index (χ3n) is 5.22. The van der Waals surface area contributed by atoms with Crippen LogP contribution >= 0.6 is 0 Å². The lowest BCUT2D eigenvalue weighted by atomic mass is 9.72. The first-order valence-electron chi connectivity index (χ1n) is 9.97. The summed E-state index contributed by atoms with van der Waals surface area (Å²) in [5.74, 6) is -4.64. The van der Waals surface area contributed by atoms with Crippen LogP contribution in [0.2, 0.25) is 0 Å². The number of nitrogens with zero attached hydrogens (tertiary/aromatic N) is 1. The van der Waals surface area contributed by atoms with Crippen molar-refractivity contribution in [2.24, 2.45) is 10.4 Å². The number of anilines is 1. The number of aliphatic imine (C=N–C) groups is 1. The summed E-state index contributed by atoms with van der Waals surface area (Å²) in [6.45, 7) is 2.90. The molecule has 2 rings (SSSR count). The molecule has 0 aliphatic heterocycles. The quantitative estimate of drug-likeness (QED) is 0.299. The van der Waals surface area contributed by atoms with Crippen LogP contribution in [0.5, 0.6) is 0 Å². The molecular weight excluding hydrogens is 385 g/mol. The Morgan fingerprint density at radius 3 is 2.52 bits per heavy atom. The zero-order valence-corrected chi connectivity index (χ0v) is 16.7. The number of benzene rings is 1. The van der Waals surface area contributed by atoms with Gasteiger partial charge in [-0.3, -0.25) is 4.79 Å². The van der Waals surface area contributed by atoms with Gasteiger partial charge in [0.1, 0.15) is 6.54 Å². The van der Waals surface area contributed by atoms with Gasteiger partial charge in [-0.1, -0.05) is 19.3 Å². The van der Waals surface area contributed by atoms with E-state index in [4.69, 9.17) is 0 Å². The highest BCUT2D eigenvalue weighted by Gasteiger charge is 2.31. The minimum atomic E-state index is -1.64. The third-order valence-corrected chi connectivity index (χ3v) is 5.22. The van der Waals surface area contributed by atoms with E-state index in [-0.39, 0.29) is 18.6 Å². The summed E-state index contributed by atoms with van der Waals surface area (Å²) >= 11 is 0. The van der Waals surface area contributed by atoms with Crippen LogP contribution < -0.4 is 16.0 Å². The maximum Gasteiger partial charge on any atom is 0.246 e. The van der Waals surface area contributed by atoms with Crippen LogP contribution in [0.15, 0.2) is 17.1 Å². The fraction of sp³-hybridized carbons (Fsp3) is 0.600. The predicted octanol–water partition coefficient (Wildman–Crippen LogP) is 2.93. The molecule has 0 unspecified atom stereocenters. The maximum atomic E-state index is 13.7. The summed E-state index contributed by atoms with van der Waals surface area (Å²) in [6.07, 6.45) is 6.19. The van der Waals surface area contributed by atoms with E-state index in [1.165, 1.54) is 6.42 Å². The second kappa shape index (κ2) is 11.0. The Hall–Kier alpha value is -2.29. The molecule has 0 atom stereocenters. The minimum absolute atomic E-state index is 0.000216. The highest BCUT2D eigenvalue weighted by molar-refractivity contribution is 5.94. The average Bonchev–Trinajstić information content (AvgIpc) is 2.71. The van der Waals surface area contributed by atoms with Gasteiger partial charge in [0.2, 0.25) is 5.91 Å². The first-order valence-corrected chi connectivity index (χ1v) is 9.97. The molecule has 0 bridgehead atoms. The van der Waals surface area contributed by atoms with Crippen LogP contribution in [0.4, 0.5) is 18.9 Å². The van der Waals surface area contributed by atoms with Gasteiger partial charge in [-0.25, -0.2) is 18.2 Å². The van der Waals surface area contributed by atoms with E-state index in [0.29, 0.717) is 25.5 Å². The van der Waals surface area contributed by atoms with E-state index in [1.807, 2.05) is 6.92 Å². The Morgan fingerprint density at radius 2 is 1.86 bits per heavy atom. The summed E-state index contributed by atoms with van der Waals surface area (Å²) in [5, 5.41) is 17.9. The molecule has 1 aromatic carbocycles. The molecule has 0 radical (unpaired) electrons. The van der Waals surface area contributed by atoms with Gasteiger partial charge in [0.15, 0.2) is 23.4 Å². The number of amides is 1. The number of carbonyl (C=O) groups excluding carboxylic acids is 1. The van der Waals surface area contributed by atoms with Gasteiger partial charge in [0.25, 0.3) is 0 Å². The lowest BCUT2D eigenvalue weighted by Crippen LogP contribution is -2.45. The summed E-state index contributed by atoms with van der Waals surface area (Å²) in [7, 11) is 0. The molecular formula is C20H29F3N4O2. The fourth-order valence-electron chi connectivity index (χ4n) is 3.63. The molecule has 162 valence electrons. The number of carbonyl (C=O) groups is 1. The van der Waals surface area contributed by atoms with Crippen LogP contribution in [0.25, 0.3) is 0 Å². The van der Waals surface area contributed by atoms with Crippen LogP contribution in [-0.4, -0.2) is 43.2 Å². The Labute approximate surface area is 169 Å². The van der Waals surface area contributed by atoms with E-state index in [2.05, 4.69) is 20.9 Å². The molecule has 0 aromatic heterocycles. The smallest absolute Gasteiger partial charge is 0.246 e. The summed E-state index contributed by atoms with van der Waals surface area (Å²) < 4.78 is 39.9. The van der Waals surface area contributed by atoms with Crippen LogP contribution in [0.1, 0.15) is 45.4 Å². The number of aliphatic hydroxyl groups is 1. The SMILES string of the molecule is CCNC(=NCC(=O)Nc1ccc(F)c(F)c1F)NCC1(CCO)CCCCC1. The van der Waals surface area contributed by atoms with Crippen LogP contribution in [0.3, 0.4) is 0 Å². The average molecular weight is 414 g/mol. The molecule has 0 saturated heterocycles. The van der Waals surface area contributed by atoms with Gasteiger partial charge >= 0.3 is 0 Å². The highest BCUT2D eigenvalue weighted by Crippen LogP contribution is 2.38. The Morgan fingerprint density at radius 1 is 1.14 bits per heavy atom. The predicted molar refractivity (Wildman–Crippen MR) is 106 cm³/mol. The van der Waals surface area contributed by atoms with Crippen molar-refractivity contribution < 1.29 is 23.1 Å². The van der Waals surface area contributed by atoms with Gasteiger partial charge in [-0.05, 0) is 43.7 Å².